The topological polar surface area (TPSA) is 48.0 Å². The van der Waals surface area contributed by atoms with Crippen LogP contribution in [0.15, 0.2) is 57.9 Å². The van der Waals surface area contributed by atoms with Crippen molar-refractivity contribution in [1.82, 2.24) is 9.55 Å². The molecule has 0 fully saturated rings. The van der Waals surface area contributed by atoms with Crippen LogP contribution in [0.5, 0.6) is 0 Å². The van der Waals surface area contributed by atoms with Crippen molar-refractivity contribution in [3.63, 3.8) is 0 Å². The molecule has 0 aliphatic heterocycles. The highest BCUT2D eigenvalue weighted by atomic mass is 16.4. The van der Waals surface area contributed by atoms with Crippen molar-refractivity contribution in [3.8, 4) is 0 Å². The normalized spacial score (nSPS) is 10.8. The fourth-order valence-electron chi connectivity index (χ4n) is 1.82. The second-order valence-electron chi connectivity index (χ2n) is 3.74. The first kappa shape index (κ1) is 9.84. The maximum absolute atomic E-state index is 11.7. The number of oxazole rings is 1. The van der Waals surface area contributed by atoms with E-state index in [9.17, 15) is 4.79 Å². The number of fused-ring (bicyclic) bond motifs is 1. The summed E-state index contributed by atoms with van der Waals surface area (Å²) in [5.74, 6) is -0.350. The lowest BCUT2D eigenvalue weighted by Gasteiger charge is -2.00. The molecule has 17 heavy (non-hydrogen) atoms. The number of hydrogen-bond donors (Lipinski definition) is 0. The summed E-state index contributed by atoms with van der Waals surface area (Å²) in [7, 11) is 0. The van der Waals surface area contributed by atoms with Gasteiger partial charge < -0.3 is 4.42 Å². The predicted octanol–water partition coefficient (Wildman–Crippen LogP) is 2.04. The smallest absolute Gasteiger partial charge is 0.408 e. The molecule has 4 heteroatoms. The Balaban J connectivity index is 2.12. The first-order chi connectivity index (χ1) is 8.34. The summed E-state index contributed by atoms with van der Waals surface area (Å²) in [6, 6.07) is 13.0. The van der Waals surface area contributed by atoms with Crippen molar-refractivity contribution in [2.75, 3.05) is 0 Å². The van der Waals surface area contributed by atoms with Crippen LogP contribution in [0.25, 0.3) is 11.1 Å². The summed E-state index contributed by atoms with van der Waals surface area (Å²) in [4.78, 5) is 15.9. The van der Waals surface area contributed by atoms with Gasteiger partial charge in [0.1, 0.15) is 0 Å². The molecule has 0 saturated carbocycles. The Morgan fingerprint density at radius 3 is 2.76 bits per heavy atom. The van der Waals surface area contributed by atoms with Crippen LogP contribution in [0.2, 0.25) is 0 Å². The van der Waals surface area contributed by atoms with Crippen LogP contribution < -0.4 is 5.76 Å². The number of benzene rings is 1. The Bertz CT molecular complexity index is 698. The van der Waals surface area contributed by atoms with Crippen LogP contribution in [0.4, 0.5) is 0 Å². The van der Waals surface area contributed by atoms with Gasteiger partial charge >= 0.3 is 5.76 Å². The van der Waals surface area contributed by atoms with Gasteiger partial charge in [0, 0.05) is 6.20 Å². The van der Waals surface area contributed by atoms with Crippen LogP contribution >= 0.6 is 0 Å². The molecule has 0 amide bonds. The molecule has 3 aromatic rings. The molecule has 0 radical (unpaired) electrons. The summed E-state index contributed by atoms with van der Waals surface area (Å²) in [5.41, 5.74) is 2.23. The summed E-state index contributed by atoms with van der Waals surface area (Å²) >= 11 is 0. The minimum atomic E-state index is -0.350. The van der Waals surface area contributed by atoms with E-state index in [1.54, 1.807) is 16.8 Å². The molecule has 0 aliphatic rings. The highest BCUT2D eigenvalue weighted by Gasteiger charge is 2.08. The van der Waals surface area contributed by atoms with Crippen molar-refractivity contribution >= 4 is 11.1 Å². The van der Waals surface area contributed by atoms with E-state index < -0.39 is 0 Å². The molecule has 0 atom stereocenters. The molecule has 3 rings (SSSR count). The van der Waals surface area contributed by atoms with Gasteiger partial charge in [0.2, 0.25) is 0 Å². The zero-order valence-corrected chi connectivity index (χ0v) is 9.04. The maximum atomic E-state index is 11.7. The van der Waals surface area contributed by atoms with E-state index >= 15 is 0 Å². The fourth-order valence-corrected chi connectivity index (χ4v) is 1.82. The molecule has 0 N–H and O–H groups in total. The Kier molecular flexibility index (Phi) is 2.26. The first-order valence-electron chi connectivity index (χ1n) is 5.33. The van der Waals surface area contributed by atoms with Gasteiger partial charge in [-0.25, -0.2) is 4.79 Å². The average molecular weight is 226 g/mol. The Hall–Kier alpha value is -2.36. The van der Waals surface area contributed by atoms with E-state index in [1.165, 1.54) is 0 Å². The van der Waals surface area contributed by atoms with Crippen LogP contribution in [-0.2, 0) is 6.54 Å². The van der Waals surface area contributed by atoms with Gasteiger partial charge in [-0.2, -0.15) is 0 Å². The Morgan fingerprint density at radius 2 is 1.94 bits per heavy atom. The van der Waals surface area contributed by atoms with Crippen molar-refractivity contribution in [2.24, 2.45) is 0 Å². The number of nitrogens with zero attached hydrogens (tertiary/aromatic N) is 2. The molecular weight excluding hydrogens is 216 g/mol. The van der Waals surface area contributed by atoms with Crippen molar-refractivity contribution < 1.29 is 4.42 Å². The third-order valence-electron chi connectivity index (χ3n) is 2.62. The highest BCUT2D eigenvalue weighted by Crippen LogP contribution is 2.12. The monoisotopic (exact) mass is 226 g/mol. The van der Waals surface area contributed by atoms with Crippen molar-refractivity contribution in [2.45, 2.75) is 6.54 Å². The molecule has 84 valence electrons. The molecule has 0 aliphatic carbocycles. The second-order valence-corrected chi connectivity index (χ2v) is 3.74. The van der Waals surface area contributed by atoms with Gasteiger partial charge in [-0.05, 0) is 24.3 Å². The van der Waals surface area contributed by atoms with Crippen LogP contribution in [0, 0.1) is 0 Å². The van der Waals surface area contributed by atoms with E-state index in [2.05, 4.69) is 4.98 Å². The van der Waals surface area contributed by atoms with Crippen LogP contribution in [0.3, 0.4) is 0 Å². The maximum Gasteiger partial charge on any atom is 0.420 e. The molecule has 0 saturated heterocycles. The van der Waals surface area contributed by atoms with Gasteiger partial charge in [-0.1, -0.05) is 18.2 Å². The number of pyridine rings is 1. The van der Waals surface area contributed by atoms with E-state index in [1.807, 2.05) is 36.4 Å². The number of rotatable bonds is 2. The number of para-hydroxylation sites is 2. The molecule has 0 unspecified atom stereocenters. The van der Waals surface area contributed by atoms with E-state index in [4.69, 9.17) is 4.42 Å². The summed E-state index contributed by atoms with van der Waals surface area (Å²) in [5, 5.41) is 0. The third-order valence-corrected chi connectivity index (χ3v) is 2.62. The standard InChI is InChI=1S/C13H10N2O2/c16-13-15(9-10-5-3-4-8-14-10)11-6-1-2-7-12(11)17-13/h1-8H,9H2. The van der Waals surface area contributed by atoms with Crippen LogP contribution in [0.1, 0.15) is 5.69 Å². The Labute approximate surface area is 97.1 Å². The lowest BCUT2D eigenvalue weighted by molar-refractivity contribution is 0.516. The zero-order valence-electron chi connectivity index (χ0n) is 9.04. The molecule has 1 aromatic carbocycles. The van der Waals surface area contributed by atoms with Crippen molar-refractivity contribution in [3.05, 3.63) is 64.9 Å². The van der Waals surface area contributed by atoms with Gasteiger partial charge in [-0.3, -0.25) is 9.55 Å². The number of aromatic nitrogens is 2. The van der Waals surface area contributed by atoms with Gasteiger partial charge in [-0.15, -0.1) is 0 Å². The second kappa shape index (κ2) is 3.90. The summed E-state index contributed by atoms with van der Waals surface area (Å²) in [6.07, 6.45) is 1.71. The summed E-state index contributed by atoms with van der Waals surface area (Å²) in [6.45, 7) is 0.427. The molecule has 0 bridgehead atoms. The number of hydrogen-bond acceptors (Lipinski definition) is 3. The minimum absolute atomic E-state index is 0.350. The fraction of sp³-hybridized carbons (Fsp3) is 0.0769. The van der Waals surface area contributed by atoms with Gasteiger partial charge in [0.15, 0.2) is 5.58 Å². The molecule has 4 nitrogen and oxygen atoms in total. The van der Waals surface area contributed by atoms with Gasteiger partial charge in [0.25, 0.3) is 0 Å². The van der Waals surface area contributed by atoms with E-state index in [0.29, 0.717) is 12.1 Å². The lowest BCUT2D eigenvalue weighted by Crippen LogP contribution is -2.15. The SMILES string of the molecule is O=c1oc2ccccc2n1Cc1ccccn1. The van der Waals surface area contributed by atoms with Gasteiger partial charge in [0.05, 0.1) is 17.8 Å². The molecule has 0 spiro atoms. The van der Waals surface area contributed by atoms with E-state index in [-0.39, 0.29) is 5.76 Å². The molecular formula is C13H10N2O2. The predicted molar refractivity (Wildman–Crippen MR) is 63.8 cm³/mol. The Morgan fingerprint density at radius 1 is 1.12 bits per heavy atom. The molecule has 2 aromatic heterocycles. The average Bonchev–Trinajstić information content (AvgIpc) is 2.68. The van der Waals surface area contributed by atoms with E-state index in [0.717, 1.165) is 11.2 Å². The quantitative estimate of drug-likeness (QED) is 0.671. The first-order valence-corrected chi connectivity index (χ1v) is 5.33. The largest absolute Gasteiger partial charge is 0.420 e. The summed E-state index contributed by atoms with van der Waals surface area (Å²) < 4.78 is 6.73. The zero-order chi connectivity index (χ0) is 11.7. The molecule has 2 heterocycles. The lowest BCUT2D eigenvalue weighted by atomic mass is 10.3. The highest BCUT2D eigenvalue weighted by molar-refractivity contribution is 5.72. The minimum Gasteiger partial charge on any atom is -0.408 e. The van der Waals surface area contributed by atoms with Crippen molar-refractivity contribution in [1.29, 1.82) is 0 Å². The third kappa shape index (κ3) is 1.73. The van der Waals surface area contributed by atoms with Crippen LogP contribution in [-0.4, -0.2) is 9.55 Å².